The van der Waals surface area contributed by atoms with Crippen molar-refractivity contribution in [1.82, 2.24) is 26.2 Å². The van der Waals surface area contributed by atoms with Crippen LogP contribution in [0.15, 0.2) is 66.8 Å². The van der Waals surface area contributed by atoms with Crippen molar-refractivity contribution in [3.8, 4) is 11.5 Å². The lowest BCUT2D eigenvalue weighted by Gasteiger charge is -2.40. The van der Waals surface area contributed by atoms with E-state index in [2.05, 4.69) is 33.4 Å². The van der Waals surface area contributed by atoms with Crippen molar-refractivity contribution in [1.29, 1.82) is 0 Å². The fourth-order valence-corrected chi connectivity index (χ4v) is 9.01. The lowest BCUT2D eigenvalue weighted by molar-refractivity contribution is -0.159. The number of esters is 1. The number of nitrogens with one attached hydrogen (secondary N) is 4. The number of fused-ring (bicyclic) bond motifs is 5. The molecule has 62 heavy (non-hydrogen) atoms. The molecule has 7 atom stereocenters. The maximum absolute atomic E-state index is 15.0. The predicted octanol–water partition coefficient (Wildman–Crippen LogP) is 4.87. The Labute approximate surface area is 363 Å². The Hall–Kier alpha value is -5.34. The summed E-state index contributed by atoms with van der Waals surface area (Å²) < 4.78 is 17.9. The number of carbonyl (C=O) groups is 6. The minimum absolute atomic E-state index is 0.0431. The summed E-state index contributed by atoms with van der Waals surface area (Å²) in [5, 5.41) is 11.5. The van der Waals surface area contributed by atoms with E-state index >= 15 is 0 Å². The van der Waals surface area contributed by atoms with E-state index in [1.165, 1.54) is 5.56 Å². The molecule has 14 heteroatoms. The van der Waals surface area contributed by atoms with E-state index in [9.17, 15) is 28.8 Å². The van der Waals surface area contributed by atoms with Gasteiger partial charge in [0.25, 0.3) is 5.91 Å². The molecule has 2 fully saturated rings. The Morgan fingerprint density at radius 3 is 2.40 bits per heavy atom. The van der Waals surface area contributed by atoms with Crippen molar-refractivity contribution in [3.63, 3.8) is 0 Å². The van der Waals surface area contributed by atoms with Crippen molar-refractivity contribution in [2.45, 2.75) is 147 Å². The maximum atomic E-state index is 15.0. The van der Waals surface area contributed by atoms with E-state index in [0.717, 1.165) is 56.1 Å². The van der Waals surface area contributed by atoms with Crippen LogP contribution in [0.5, 0.6) is 11.5 Å². The molecule has 0 spiro atoms. The van der Waals surface area contributed by atoms with Crippen LogP contribution in [0.4, 0.5) is 0 Å². The minimum Gasteiger partial charge on any atom is -0.458 e. The third-order valence-corrected chi connectivity index (χ3v) is 12.3. The van der Waals surface area contributed by atoms with Crippen LogP contribution in [-0.4, -0.2) is 88.9 Å². The largest absolute Gasteiger partial charge is 0.458 e. The number of rotatable bonds is 12. The van der Waals surface area contributed by atoms with Crippen LogP contribution in [0.1, 0.15) is 102 Å². The number of nitrogens with zero attached hydrogens (tertiary/aromatic N) is 1. The summed E-state index contributed by atoms with van der Waals surface area (Å²) in [6.07, 6.45) is 14.8. The van der Waals surface area contributed by atoms with Gasteiger partial charge in [0.1, 0.15) is 35.4 Å². The Balaban J connectivity index is 1.07. The number of hydrogen-bond donors (Lipinski definition) is 4. The van der Waals surface area contributed by atoms with E-state index < -0.39 is 65.8 Å². The lowest BCUT2D eigenvalue weighted by Crippen LogP contribution is -2.61. The van der Waals surface area contributed by atoms with Gasteiger partial charge < -0.3 is 35.1 Å². The first-order valence-corrected chi connectivity index (χ1v) is 22.3. The topological polar surface area (TPSA) is 185 Å². The van der Waals surface area contributed by atoms with Gasteiger partial charge >= 0.3 is 5.97 Å². The molecule has 4 N–H and O–H groups in total. The number of hydrogen-bond acceptors (Lipinski definition) is 10. The Morgan fingerprint density at radius 2 is 1.69 bits per heavy atom. The van der Waals surface area contributed by atoms with Crippen LogP contribution < -0.4 is 26.0 Å². The Kier molecular flexibility index (Phi) is 14.3. The third kappa shape index (κ3) is 11.4. The van der Waals surface area contributed by atoms with Gasteiger partial charge in [0.15, 0.2) is 0 Å². The maximum Gasteiger partial charge on any atom is 0.329 e. The fourth-order valence-electron chi connectivity index (χ4n) is 9.01. The van der Waals surface area contributed by atoms with Crippen LogP contribution in [0.25, 0.3) is 0 Å². The monoisotopic (exact) mass is 851 g/mol. The normalized spacial score (nSPS) is 24.5. The average molecular weight is 852 g/mol. The number of allylic oxidation sites excluding steroid dienone is 3. The van der Waals surface area contributed by atoms with Gasteiger partial charge in [0.05, 0.1) is 24.7 Å². The van der Waals surface area contributed by atoms with E-state index in [1.807, 2.05) is 55.5 Å². The number of ketones is 1. The molecule has 14 nitrogen and oxygen atoms in total. The van der Waals surface area contributed by atoms with Crippen LogP contribution in [0.2, 0.25) is 0 Å². The van der Waals surface area contributed by atoms with Crippen molar-refractivity contribution in [2.75, 3.05) is 6.54 Å². The molecule has 0 radical (unpaired) electrons. The van der Waals surface area contributed by atoms with E-state index in [0.29, 0.717) is 24.3 Å². The molecule has 8 rings (SSSR count). The molecular weight excluding hydrogens is 791 g/mol. The lowest BCUT2D eigenvalue weighted by atomic mass is 9.82. The number of ether oxygens (including phenoxy) is 3. The van der Waals surface area contributed by atoms with Gasteiger partial charge in [-0.25, -0.2) is 4.79 Å². The van der Waals surface area contributed by atoms with Gasteiger partial charge in [-0.1, -0.05) is 75.1 Å². The second kappa shape index (κ2) is 19.8. The molecule has 4 aliphatic heterocycles. The van der Waals surface area contributed by atoms with E-state index in [1.54, 1.807) is 31.7 Å². The highest BCUT2D eigenvalue weighted by molar-refractivity contribution is 6.38. The number of benzene rings is 2. The molecule has 5 bridgehead atoms. The number of amides is 4. The summed E-state index contributed by atoms with van der Waals surface area (Å²) in [6, 6.07) is 9.91. The highest BCUT2D eigenvalue weighted by atomic mass is 16.6. The number of Topliss-reactive ketones (excluding diaryl/α,β-unsaturated/α-hetero) is 1. The van der Waals surface area contributed by atoms with Crippen LogP contribution in [0.3, 0.4) is 0 Å². The Bertz CT molecular complexity index is 2050. The third-order valence-electron chi connectivity index (χ3n) is 12.3. The number of aryl methyl sites for hydroxylation is 1. The molecule has 1 saturated carbocycles. The molecule has 2 aliphatic carbocycles. The highest BCUT2D eigenvalue weighted by Gasteiger charge is 2.46. The summed E-state index contributed by atoms with van der Waals surface area (Å²) >= 11 is 0. The van der Waals surface area contributed by atoms with Crippen LogP contribution in [-0.2, 0) is 57.6 Å². The van der Waals surface area contributed by atoms with Crippen molar-refractivity contribution in [2.24, 2.45) is 11.8 Å². The first-order chi connectivity index (χ1) is 29.8. The van der Waals surface area contributed by atoms with Gasteiger partial charge in [-0.05, 0) is 106 Å². The summed E-state index contributed by atoms with van der Waals surface area (Å²) in [5.41, 5.74) is 2.10. The molecule has 332 valence electrons. The summed E-state index contributed by atoms with van der Waals surface area (Å²) in [5.74, 6) is -3.03. The summed E-state index contributed by atoms with van der Waals surface area (Å²) in [7, 11) is 0. The zero-order valence-corrected chi connectivity index (χ0v) is 36.3. The molecule has 2 aromatic carbocycles. The van der Waals surface area contributed by atoms with Gasteiger partial charge in [-0.3, -0.25) is 29.3 Å². The zero-order chi connectivity index (χ0) is 44.0. The molecule has 5 unspecified atom stereocenters. The first-order valence-electron chi connectivity index (χ1n) is 22.3. The van der Waals surface area contributed by atoms with E-state index in [4.69, 9.17) is 14.2 Å². The molecule has 4 heterocycles. The minimum atomic E-state index is -1.22. The highest BCUT2D eigenvalue weighted by Crippen LogP contribution is 2.35. The van der Waals surface area contributed by atoms with Crippen LogP contribution in [0, 0.1) is 11.8 Å². The zero-order valence-electron chi connectivity index (χ0n) is 36.3. The Morgan fingerprint density at radius 1 is 0.935 bits per heavy atom. The fraction of sp³-hybridized carbons (Fsp3) is 0.542. The molecule has 0 aromatic heterocycles. The standard InChI is InChI=1S/C48H61N5O9/c1-5-12-36(42(55)44(57)49-27-39(54)51-41(31-15-10-7-11-16-31)47(59)62-48(2,3)4)50-43(56)37-26-32-20-23-35-25-33(32)28-53(37)46(58)40(30-13-8-6-9-14-30)52-45-38(61-45)24-19-29-17-21-34(60-35)22-18-29/h7,10-11,15,17-18,20-23,25,30-31,36-38,40-41,45,52H,5-6,8-9,12-14,16,19,24,26-28H2,1-4H3,(H,49,57)(H,50,56)(H,51,54)/t31?,36?,37-,38?,40?,41-,45?/m0/s1. The van der Waals surface area contributed by atoms with Gasteiger partial charge in [-0.2, -0.15) is 0 Å². The quantitative estimate of drug-likeness (QED) is 0.131. The second-order valence-corrected chi connectivity index (χ2v) is 18.2. The van der Waals surface area contributed by atoms with Gasteiger partial charge in [0.2, 0.25) is 23.5 Å². The average Bonchev–Trinajstić information content (AvgIpc) is 4.02. The number of epoxide rings is 1. The van der Waals surface area contributed by atoms with E-state index in [-0.39, 0.29) is 49.5 Å². The SMILES string of the molecule is CCCC(NC(=O)[C@@H]1Cc2ccc3cc2CN1C(=O)C(C1CCCCC1)NC1OC1CCc1ccc(cc1)O3)C(=O)C(=O)NCC(=O)N[C@H](C(=O)OC(C)(C)C)C1C=CC=CC1. The van der Waals surface area contributed by atoms with Gasteiger partial charge in [-0.15, -0.1) is 0 Å². The van der Waals surface area contributed by atoms with Crippen LogP contribution >= 0.6 is 0 Å². The molecule has 4 amide bonds. The van der Waals surface area contributed by atoms with Crippen molar-refractivity contribution >= 4 is 35.4 Å². The van der Waals surface area contributed by atoms with Crippen molar-refractivity contribution < 1.29 is 43.0 Å². The summed E-state index contributed by atoms with van der Waals surface area (Å²) in [4.78, 5) is 84.5. The molecular formula is C48H61N5O9. The molecule has 6 aliphatic rings. The number of carbonyl (C=O) groups excluding carboxylic acids is 6. The second-order valence-electron chi connectivity index (χ2n) is 18.2. The van der Waals surface area contributed by atoms with Crippen molar-refractivity contribution in [3.05, 3.63) is 83.5 Å². The molecule has 2 aromatic rings. The smallest absolute Gasteiger partial charge is 0.329 e. The summed E-state index contributed by atoms with van der Waals surface area (Å²) in [6.45, 7) is 6.59. The predicted molar refractivity (Wildman–Crippen MR) is 230 cm³/mol. The molecule has 1 saturated heterocycles. The van der Waals surface area contributed by atoms with Gasteiger partial charge in [0, 0.05) is 18.9 Å². The first kappa shape index (κ1) is 44.7.